The molecule has 0 amide bonds. The van der Waals surface area contributed by atoms with Crippen molar-refractivity contribution in [2.24, 2.45) is 7.05 Å². The SMILES string of the molecule is CCCCOc1c(CNC(C)C)c(C)nn1C. The first kappa shape index (κ1) is 14.0. The fourth-order valence-electron chi connectivity index (χ4n) is 1.68. The van der Waals surface area contributed by atoms with Gasteiger partial charge in [0.15, 0.2) is 0 Å². The first-order chi connectivity index (χ1) is 8.06. The minimum Gasteiger partial charge on any atom is -0.478 e. The van der Waals surface area contributed by atoms with E-state index in [9.17, 15) is 0 Å². The van der Waals surface area contributed by atoms with Crippen LogP contribution >= 0.6 is 0 Å². The van der Waals surface area contributed by atoms with Gasteiger partial charge in [-0.3, -0.25) is 0 Å². The lowest BCUT2D eigenvalue weighted by Crippen LogP contribution is -2.22. The summed E-state index contributed by atoms with van der Waals surface area (Å²) >= 11 is 0. The summed E-state index contributed by atoms with van der Waals surface area (Å²) in [5.74, 6) is 0.907. The second-order valence-corrected chi connectivity index (χ2v) is 4.73. The number of nitrogens with one attached hydrogen (secondary N) is 1. The molecule has 0 aliphatic heterocycles. The molecule has 17 heavy (non-hydrogen) atoms. The number of nitrogens with zero attached hydrogens (tertiary/aromatic N) is 2. The molecule has 0 unspecified atom stereocenters. The third-order valence-electron chi connectivity index (χ3n) is 2.71. The first-order valence-electron chi connectivity index (χ1n) is 6.44. The molecule has 0 atom stereocenters. The number of hydrogen-bond acceptors (Lipinski definition) is 3. The minimum absolute atomic E-state index is 0.470. The van der Waals surface area contributed by atoms with Crippen molar-refractivity contribution in [3.8, 4) is 5.88 Å². The molecule has 1 rings (SSSR count). The standard InChI is InChI=1S/C13H25N3O/c1-6-7-8-17-13-12(9-14-10(2)3)11(4)15-16(13)5/h10,14H,6-9H2,1-5H3. The summed E-state index contributed by atoms with van der Waals surface area (Å²) in [6, 6.07) is 0.470. The third-order valence-corrected chi connectivity index (χ3v) is 2.71. The molecule has 0 aliphatic rings. The van der Waals surface area contributed by atoms with E-state index in [1.807, 2.05) is 18.7 Å². The Hall–Kier alpha value is -1.03. The normalized spacial score (nSPS) is 11.2. The molecule has 1 aromatic heterocycles. The molecule has 0 radical (unpaired) electrons. The Bertz CT molecular complexity index is 345. The van der Waals surface area contributed by atoms with E-state index >= 15 is 0 Å². The molecule has 0 aliphatic carbocycles. The van der Waals surface area contributed by atoms with Gasteiger partial charge in [-0.1, -0.05) is 27.2 Å². The van der Waals surface area contributed by atoms with Gasteiger partial charge in [0, 0.05) is 19.6 Å². The summed E-state index contributed by atoms with van der Waals surface area (Å²) in [6.07, 6.45) is 2.23. The molecule has 0 spiro atoms. The van der Waals surface area contributed by atoms with E-state index in [2.05, 4.69) is 31.2 Å². The quantitative estimate of drug-likeness (QED) is 0.743. The second-order valence-electron chi connectivity index (χ2n) is 4.73. The van der Waals surface area contributed by atoms with Crippen LogP contribution in [-0.4, -0.2) is 22.4 Å². The summed E-state index contributed by atoms with van der Waals surface area (Å²) in [4.78, 5) is 0. The second kappa shape index (κ2) is 6.64. The smallest absolute Gasteiger partial charge is 0.216 e. The van der Waals surface area contributed by atoms with Crippen LogP contribution in [-0.2, 0) is 13.6 Å². The molecule has 98 valence electrons. The van der Waals surface area contributed by atoms with Gasteiger partial charge >= 0.3 is 0 Å². The predicted molar refractivity (Wildman–Crippen MR) is 70.3 cm³/mol. The van der Waals surface area contributed by atoms with E-state index in [1.165, 1.54) is 5.56 Å². The van der Waals surface area contributed by atoms with Gasteiger partial charge < -0.3 is 10.1 Å². The molecule has 0 saturated heterocycles. The number of ether oxygens (including phenoxy) is 1. The van der Waals surface area contributed by atoms with Gasteiger partial charge in [0.25, 0.3) is 0 Å². The van der Waals surface area contributed by atoms with E-state index in [4.69, 9.17) is 4.74 Å². The van der Waals surface area contributed by atoms with E-state index in [0.717, 1.165) is 37.6 Å². The summed E-state index contributed by atoms with van der Waals surface area (Å²) in [6.45, 7) is 10.1. The van der Waals surface area contributed by atoms with E-state index in [1.54, 1.807) is 0 Å². The van der Waals surface area contributed by atoms with Crippen molar-refractivity contribution in [1.82, 2.24) is 15.1 Å². The summed E-state index contributed by atoms with van der Waals surface area (Å²) in [5, 5.41) is 7.83. The van der Waals surface area contributed by atoms with Crippen LogP contribution in [0.4, 0.5) is 0 Å². The van der Waals surface area contributed by atoms with Gasteiger partial charge in [0.05, 0.1) is 17.9 Å². The highest BCUT2D eigenvalue weighted by Crippen LogP contribution is 2.21. The molecule has 4 nitrogen and oxygen atoms in total. The fourth-order valence-corrected chi connectivity index (χ4v) is 1.68. The molecular formula is C13H25N3O. The molecule has 4 heteroatoms. The third kappa shape index (κ3) is 4.04. The zero-order chi connectivity index (χ0) is 12.8. The average molecular weight is 239 g/mol. The van der Waals surface area contributed by atoms with Crippen molar-refractivity contribution in [2.75, 3.05) is 6.61 Å². The number of unbranched alkanes of at least 4 members (excludes halogenated alkanes) is 1. The molecule has 0 bridgehead atoms. The summed E-state index contributed by atoms with van der Waals surface area (Å²) in [7, 11) is 1.94. The van der Waals surface area contributed by atoms with Crippen LogP contribution in [0.2, 0.25) is 0 Å². The van der Waals surface area contributed by atoms with Crippen LogP contribution in [0.25, 0.3) is 0 Å². The lowest BCUT2D eigenvalue weighted by Gasteiger charge is -2.11. The van der Waals surface area contributed by atoms with Crippen LogP contribution in [0.1, 0.15) is 44.9 Å². The Kier molecular flexibility index (Phi) is 5.48. The van der Waals surface area contributed by atoms with Crippen molar-refractivity contribution in [2.45, 2.75) is 53.1 Å². The van der Waals surface area contributed by atoms with E-state index in [-0.39, 0.29) is 0 Å². The Morgan fingerprint density at radius 1 is 1.41 bits per heavy atom. The molecule has 0 saturated carbocycles. The Morgan fingerprint density at radius 3 is 2.71 bits per heavy atom. The van der Waals surface area contributed by atoms with Crippen LogP contribution in [0.15, 0.2) is 0 Å². The van der Waals surface area contributed by atoms with Gasteiger partial charge in [-0.15, -0.1) is 0 Å². The maximum Gasteiger partial charge on any atom is 0.216 e. The highest BCUT2D eigenvalue weighted by molar-refractivity contribution is 5.30. The highest BCUT2D eigenvalue weighted by Gasteiger charge is 2.14. The average Bonchev–Trinajstić information content (AvgIpc) is 2.51. The van der Waals surface area contributed by atoms with Gasteiger partial charge in [-0.2, -0.15) is 5.10 Å². The molecule has 1 N–H and O–H groups in total. The number of aromatic nitrogens is 2. The van der Waals surface area contributed by atoms with E-state index in [0.29, 0.717) is 6.04 Å². The van der Waals surface area contributed by atoms with Gasteiger partial charge in [-0.25, -0.2) is 4.68 Å². The molecule has 0 aromatic carbocycles. The zero-order valence-corrected chi connectivity index (χ0v) is 11.7. The van der Waals surface area contributed by atoms with Crippen molar-refractivity contribution >= 4 is 0 Å². The zero-order valence-electron chi connectivity index (χ0n) is 11.7. The van der Waals surface area contributed by atoms with Crippen LogP contribution in [0.3, 0.4) is 0 Å². The molecule has 1 aromatic rings. The van der Waals surface area contributed by atoms with Gasteiger partial charge in [0.1, 0.15) is 0 Å². The van der Waals surface area contributed by atoms with Crippen molar-refractivity contribution < 1.29 is 4.74 Å². The Labute approximate surface area is 104 Å². The van der Waals surface area contributed by atoms with Gasteiger partial charge in [-0.05, 0) is 13.3 Å². The summed E-state index contributed by atoms with van der Waals surface area (Å²) < 4.78 is 7.66. The molecule has 1 heterocycles. The number of rotatable bonds is 7. The highest BCUT2D eigenvalue weighted by atomic mass is 16.5. The lowest BCUT2D eigenvalue weighted by atomic mass is 10.2. The lowest BCUT2D eigenvalue weighted by molar-refractivity contribution is 0.279. The van der Waals surface area contributed by atoms with Crippen LogP contribution < -0.4 is 10.1 Å². The maximum atomic E-state index is 5.82. The van der Waals surface area contributed by atoms with Crippen molar-refractivity contribution in [1.29, 1.82) is 0 Å². The van der Waals surface area contributed by atoms with Gasteiger partial charge in [0.2, 0.25) is 5.88 Å². The van der Waals surface area contributed by atoms with E-state index < -0.39 is 0 Å². The monoisotopic (exact) mass is 239 g/mol. The molecular weight excluding hydrogens is 214 g/mol. The summed E-state index contributed by atoms with van der Waals surface area (Å²) in [5.41, 5.74) is 2.23. The predicted octanol–water partition coefficient (Wildman–Crippen LogP) is 2.41. The largest absolute Gasteiger partial charge is 0.478 e. The maximum absolute atomic E-state index is 5.82. The van der Waals surface area contributed by atoms with Crippen molar-refractivity contribution in [3.63, 3.8) is 0 Å². The van der Waals surface area contributed by atoms with Crippen molar-refractivity contribution in [3.05, 3.63) is 11.3 Å². The number of hydrogen-bond donors (Lipinski definition) is 1. The van der Waals surface area contributed by atoms with Crippen LogP contribution in [0, 0.1) is 6.92 Å². The number of aryl methyl sites for hydroxylation is 2. The molecule has 0 fully saturated rings. The minimum atomic E-state index is 0.470. The first-order valence-corrected chi connectivity index (χ1v) is 6.44. The Morgan fingerprint density at radius 2 is 2.12 bits per heavy atom. The topological polar surface area (TPSA) is 39.1 Å². The Balaban J connectivity index is 2.71. The fraction of sp³-hybridized carbons (Fsp3) is 0.769. The van der Waals surface area contributed by atoms with Crippen LogP contribution in [0.5, 0.6) is 5.88 Å².